The zero-order chi connectivity index (χ0) is 16.5. The molecule has 24 heavy (non-hydrogen) atoms. The molecule has 2 aliphatic rings. The van der Waals surface area contributed by atoms with Crippen LogP contribution in [-0.2, 0) is 11.3 Å². The first-order chi connectivity index (χ1) is 11.7. The van der Waals surface area contributed by atoms with Crippen molar-refractivity contribution in [2.75, 3.05) is 13.1 Å². The summed E-state index contributed by atoms with van der Waals surface area (Å²) in [4.78, 5) is 22.7. The van der Waals surface area contributed by atoms with Crippen molar-refractivity contribution in [2.24, 2.45) is 5.92 Å². The maximum Gasteiger partial charge on any atom is 0.310 e. The highest BCUT2D eigenvalue weighted by atomic mass is 16.4. The van der Waals surface area contributed by atoms with E-state index in [1.165, 1.54) is 5.56 Å². The van der Waals surface area contributed by atoms with Crippen molar-refractivity contribution in [3.8, 4) is 0 Å². The van der Waals surface area contributed by atoms with E-state index in [9.17, 15) is 9.90 Å². The van der Waals surface area contributed by atoms with Crippen molar-refractivity contribution in [1.82, 2.24) is 14.9 Å². The van der Waals surface area contributed by atoms with Gasteiger partial charge in [0.05, 0.1) is 11.6 Å². The van der Waals surface area contributed by atoms with E-state index in [0.29, 0.717) is 11.8 Å². The van der Waals surface area contributed by atoms with Crippen LogP contribution in [0.2, 0.25) is 0 Å². The molecule has 1 aromatic carbocycles. The van der Waals surface area contributed by atoms with Crippen LogP contribution in [0.5, 0.6) is 0 Å². The number of hydrogen-bond donors (Lipinski definition) is 1. The number of carboxylic acids is 1. The van der Waals surface area contributed by atoms with E-state index < -0.39 is 5.97 Å². The Morgan fingerprint density at radius 3 is 2.75 bits per heavy atom. The van der Waals surface area contributed by atoms with Crippen molar-refractivity contribution < 1.29 is 9.90 Å². The minimum absolute atomic E-state index is 0.382. The lowest BCUT2D eigenvalue weighted by Crippen LogP contribution is -2.38. The van der Waals surface area contributed by atoms with E-state index in [1.54, 1.807) is 12.4 Å². The van der Waals surface area contributed by atoms with Gasteiger partial charge in [-0.25, -0.2) is 0 Å². The normalized spacial score (nSPS) is 26.4. The number of likely N-dealkylation sites (tertiary alicyclic amines) is 1. The van der Waals surface area contributed by atoms with Crippen LogP contribution >= 0.6 is 0 Å². The van der Waals surface area contributed by atoms with Crippen molar-refractivity contribution in [2.45, 2.75) is 31.2 Å². The second kappa shape index (κ2) is 6.32. The van der Waals surface area contributed by atoms with E-state index in [4.69, 9.17) is 0 Å². The van der Waals surface area contributed by atoms with Gasteiger partial charge in [0.2, 0.25) is 0 Å². The molecule has 1 fully saturated rings. The Balaban J connectivity index is 1.63. The third-order valence-corrected chi connectivity index (χ3v) is 5.29. The van der Waals surface area contributed by atoms with Crippen LogP contribution in [-0.4, -0.2) is 39.0 Å². The van der Waals surface area contributed by atoms with E-state index in [2.05, 4.69) is 20.9 Å². The summed E-state index contributed by atoms with van der Waals surface area (Å²) < 4.78 is 0. The molecule has 5 nitrogen and oxygen atoms in total. The lowest BCUT2D eigenvalue weighted by molar-refractivity contribution is -0.139. The smallest absolute Gasteiger partial charge is 0.310 e. The van der Waals surface area contributed by atoms with Gasteiger partial charge in [0.25, 0.3) is 0 Å². The molecular formula is C19H21N3O2. The van der Waals surface area contributed by atoms with Gasteiger partial charge in [0.15, 0.2) is 0 Å². The van der Waals surface area contributed by atoms with Crippen LogP contribution in [0.1, 0.15) is 41.5 Å². The monoisotopic (exact) mass is 323 g/mol. The molecule has 1 aliphatic heterocycles. The van der Waals surface area contributed by atoms with Crippen LogP contribution in [0, 0.1) is 5.92 Å². The van der Waals surface area contributed by atoms with Gasteiger partial charge in [-0.2, -0.15) is 0 Å². The molecule has 2 unspecified atom stereocenters. The van der Waals surface area contributed by atoms with E-state index in [0.717, 1.165) is 43.7 Å². The number of aliphatic carboxylic acids is 1. The molecule has 0 spiro atoms. The van der Waals surface area contributed by atoms with Crippen LogP contribution in [0.3, 0.4) is 0 Å². The Kier molecular flexibility index (Phi) is 4.02. The molecule has 1 N–H and O–H groups in total. The molecule has 0 amide bonds. The highest BCUT2D eigenvalue weighted by Crippen LogP contribution is 2.43. The summed E-state index contributed by atoms with van der Waals surface area (Å²) in [6, 6.07) is 8.10. The number of hydrogen-bond acceptors (Lipinski definition) is 4. The van der Waals surface area contributed by atoms with Crippen LogP contribution in [0.25, 0.3) is 0 Å². The lowest BCUT2D eigenvalue weighted by Gasteiger charge is -2.36. The molecule has 4 rings (SSSR count). The van der Waals surface area contributed by atoms with Gasteiger partial charge in [-0.3, -0.25) is 19.7 Å². The predicted octanol–water partition coefficient (Wildman–Crippen LogP) is 2.65. The fraction of sp³-hybridized carbons (Fsp3) is 0.421. The summed E-state index contributed by atoms with van der Waals surface area (Å²) in [6.07, 6.45) is 7.03. The highest BCUT2D eigenvalue weighted by molar-refractivity contribution is 5.77. The second-order valence-corrected chi connectivity index (χ2v) is 6.94. The van der Waals surface area contributed by atoms with Crippen molar-refractivity contribution in [1.29, 1.82) is 0 Å². The quantitative estimate of drug-likeness (QED) is 0.940. The van der Waals surface area contributed by atoms with Gasteiger partial charge in [0.1, 0.15) is 0 Å². The zero-order valence-corrected chi connectivity index (χ0v) is 13.5. The standard InChI is InChI=1S/C19H21N3O2/c23-19(24)18-8-13-7-14(16-3-1-2-4-17(16)18)11-22(10-13)12-15-9-20-5-6-21-15/h1-6,9,13-14,18H,7-8,10-12H2,(H,23,24)/t13?,14-,18?/m1/s1. The number of benzene rings is 1. The van der Waals surface area contributed by atoms with Crippen molar-refractivity contribution in [3.05, 3.63) is 59.7 Å². The number of carbonyl (C=O) groups is 1. The summed E-state index contributed by atoms with van der Waals surface area (Å²) >= 11 is 0. The molecule has 1 saturated heterocycles. The largest absolute Gasteiger partial charge is 0.481 e. The van der Waals surface area contributed by atoms with Crippen LogP contribution in [0.4, 0.5) is 0 Å². The fourth-order valence-electron chi connectivity index (χ4n) is 4.36. The number of aromatic nitrogens is 2. The Morgan fingerprint density at radius 2 is 2.00 bits per heavy atom. The highest BCUT2D eigenvalue weighted by Gasteiger charge is 2.37. The maximum atomic E-state index is 11.8. The molecule has 2 aromatic rings. The number of fused-ring (bicyclic) bond motifs is 4. The van der Waals surface area contributed by atoms with E-state index >= 15 is 0 Å². The molecule has 2 bridgehead atoms. The Morgan fingerprint density at radius 1 is 1.17 bits per heavy atom. The minimum atomic E-state index is -0.699. The lowest BCUT2D eigenvalue weighted by atomic mass is 9.85. The summed E-state index contributed by atoms with van der Waals surface area (Å²) in [7, 11) is 0. The molecule has 124 valence electrons. The Bertz CT molecular complexity index is 734. The van der Waals surface area contributed by atoms with Gasteiger partial charge in [-0.1, -0.05) is 24.3 Å². The first-order valence-corrected chi connectivity index (χ1v) is 8.49. The van der Waals surface area contributed by atoms with Crippen LogP contribution < -0.4 is 0 Å². The average Bonchev–Trinajstić information content (AvgIpc) is 2.71. The summed E-state index contributed by atoms with van der Waals surface area (Å²) in [5, 5.41) is 9.70. The number of piperidine rings is 1. The molecule has 1 aromatic heterocycles. The first kappa shape index (κ1) is 15.3. The van der Waals surface area contributed by atoms with E-state index in [-0.39, 0.29) is 5.92 Å². The van der Waals surface area contributed by atoms with Gasteiger partial charge in [-0.15, -0.1) is 0 Å². The average molecular weight is 323 g/mol. The van der Waals surface area contributed by atoms with Gasteiger partial charge in [0, 0.05) is 38.2 Å². The fourth-order valence-corrected chi connectivity index (χ4v) is 4.36. The van der Waals surface area contributed by atoms with Gasteiger partial charge >= 0.3 is 5.97 Å². The summed E-state index contributed by atoms with van der Waals surface area (Å²) in [5.41, 5.74) is 3.20. The minimum Gasteiger partial charge on any atom is -0.481 e. The Labute approximate surface area is 141 Å². The molecule has 1 aliphatic carbocycles. The number of nitrogens with zero attached hydrogens (tertiary/aromatic N) is 3. The molecule has 0 radical (unpaired) electrons. The molecule has 3 atom stereocenters. The molecule has 0 saturated carbocycles. The third kappa shape index (κ3) is 2.91. The predicted molar refractivity (Wildman–Crippen MR) is 89.6 cm³/mol. The van der Waals surface area contributed by atoms with Crippen molar-refractivity contribution >= 4 is 5.97 Å². The Hall–Kier alpha value is -2.27. The van der Waals surface area contributed by atoms with Crippen molar-refractivity contribution in [3.63, 3.8) is 0 Å². The van der Waals surface area contributed by atoms with Gasteiger partial charge in [-0.05, 0) is 35.8 Å². The second-order valence-electron chi connectivity index (χ2n) is 6.94. The maximum absolute atomic E-state index is 11.8. The summed E-state index contributed by atoms with van der Waals surface area (Å²) in [6.45, 7) is 2.67. The van der Waals surface area contributed by atoms with Gasteiger partial charge < -0.3 is 5.11 Å². The van der Waals surface area contributed by atoms with Crippen LogP contribution in [0.15, 0.2) is 42.9 Å². The molecular weight excluding hydrogens is 302 g/mol. The first-order valence-electron chi connectivity index (χ1n) is 8.49. The SMILES string of the molecule is O=C(O)C1CC2C[C@H](CN(Cc3cnccn3)C2)c2ccccc21. The molecule has 5 heteroatoms. The third-order valence-electron chi connectivity index (χ3n) is 5.29. The zero-order valence-electron chi connectivity index (χ0n) is 13.5. The topological polar surface area (TPSA) is 66.3 Å². The number of rotatable bonds is 3. The molecule has 2 heterocycles. The van der Waals surface area contributed by atoms with E-state index in [1.807, 2.05) is 24.4 Å². The number of carboxylic acid groups (broad SMARTS) is 1. The summed E-state index contributed by atoms with van der Waals surface area (Å²) in [5.74, 6) is -0.266.